The third-order valence-corrected chi connectivity index (χ3v) is 7.09. The average molecular weight is 378 g/mol. The van der Waals surface area contributed by atoms with E-state index >= 15 is 0 Å². The second-order valence-corrected chi connectivity index (χ2v) is 9.68. The topological polar surface area (TPSA) is 43.9 Å². The van der Waals surface area contributed by atoms with E-state index in [-0.39, 0.29) is 0 Å². The standard InChI is InChI=1S/C18H23N3O2S2/c1-19(2)11-12-21-15-7-5-6-8-17(15)24-18-10-9-14(13-16(18)21)25(22,23)20(3)4/h5-10,13H,11-12H2,1-4H3. The number of hydrogen-bond donors (Lipinski definition) is 0. The third-order valence-electron chi connectivity index (χ3n) is 4.15. The smallest absolute Gasteiger partial charge is 0.242 e. The molecule has 0 fully saturated rings. The van der Waals surface area contributed by atoms with Crippen LogP contribution >= 0.6 is 11.8 Å². The van der Waals surface area contributed by atoms with Gasteiger partial charge in [-0.3, -0.25) is 0 Å². The molecule has 1 aliphatic rings. The summed E-state index contributed by atoms with van der Waals surface area (Å²) in [6, 6.07) is 13.7. The molecule has 0 spiro atoms. The molecule has 0 bridgehead atoms. The van der Waals surface area contributed by atoms with Crippen molar-refractivity contribution in [3.63, 3.8) is 0 Å². The molecule has 2 aromatic rings. The van der Waals surface area contributed by atoms with Gasteiger partial charge in [-0.05, 0) is 44.4 Å². The van der Waals surface area contributed by atoms with Crippen LogP contribution in [0.3, 0.4) is 0 Å². The molecule has 7 heteroatoms. The minimum absolute atomic E-state index is 0.325. The Bertz CT molecular complexity index is 880. The van der Waals surface area contributed by atoms with Gasteiger partial charge in [0.25, 0.3) is 0 Å². The summed E-state index contributed by atoms with van der Waals surface area (Å²) in [7, 11) is 3.74. The SMILES string of the molecule is CN(C)CCN1c2ccccc2Sc2ccc(S(=O)(=O)N(C)C)cc21. The first kappa shape index (κ1) is 18.3. The Morgan fingerprint density at radius 1 is 0.960 bits per heavy atom. The van der Waals surface area contributed by atoms with E-state index in [0.717, 1.165) is 29.4 Å². The molecule has 134 valence electrons. The van der Waals surface area contributed by atoms with Gasteiger partial charge in [0.05, 0.1) is 16.3 Å². The van der Waals surface area contributed by atoms with Gasteiger partial charge in [0, 0.05) is 37.0 Å². The first-order chi connectivity index (χ1) is 11.8. The molecule has 3 rings (SSSR count). The number of anilines is 2. The van der Waals surface area contributed by atoms with Gasteiger partial charge < -0.3 is 9.80 Å². The van der Waals surface area contributed by atoms with E-state index < -0.39 is 10.0 Å². The number of rotatable bonds is 5. The molecule has 1 aliphatic heterocycles. The highest BCUT2D eigenvalue weighted by Gasteiger charge is 2.26. The Hall–Kier alpha value is -1.54. The first-order valence-electron chi connectivity index (χ1n) is 8.06. The zero-order chi connectivity index (χ0) is 18.2. The second kappa shape index (κ2) is 6.99. The highest BCUT2D eigenvalue weighted by Crippen LogP contribution is 2.48. The van der Waals surface area contributed by atoms with E-state index in [2.05, 4.69) is 21.9 Å². The van der Waals surface area contributed by atoms with E-state index in [1.165, 1.54) is 9.20 Å². The molecule has 0 atom stereocenters. The zero-order valence-corrected chi connectivity index (χ0v) is 16.6. The predicted molar refractivity (Wildman–Crippen MR) is 103 cm³/mol. The monoisotopic (exact) mass is 377 g/mol. The summed E-state index contributed by atoms with van der Waals surface area (Å²) in [6.45, 7) is 1.67. The highest BCUT2D eigenvalue weighted by molar-refractivity contribution is 7.99. The molecule has 25 heavy (non-hydrogen) atoms. The van der Waals surface area contributed by atoms with Crippen molar-refractivity contribution in [2.75, 3.05) is 46.2 Å². The highest BCUT2D eigenvalue weighted by atomic mass is 32.2. The maximum atomic E-state index is 12.5. The van der Waals surface area contributed by atoms with Gasteiger partial charge in [0.1, 0.15) is 0 Å². The first-order valence-corrected chi connectivity index (χ1v) is 10.3. The van der Waals surface area contributed by atoms with Crippen LogP contribution in [-0.4, -0.2) is 58.9 Å². The van der Waals surface area contributed by atoms with E-state index in [1.807, 2.05) is 32.3 Å². The zero-order valence-electron chi connectivity index (χ0n) is 14.9. The van der Waals surface area contributed by atoms with Crippen molar-refractivity contribution >= 4 is 33.2 Å². The van der Waals surface area contributed by atoms with Crippen LogP contribution in [0, 0.1) is 0 Å². The fraction of sp³-hybridized carbons (Fsp3) is 0.333. The lowest BCUT2D eigenvalue weighted by Gasteiger charge is -2.34. The summed E-state index contributed by atoms with van der Waals surface area (Å²) in [5.41, 5.74) is 2.08. The Labute approximate surface area is 154 Å². The summed E-state index contributed by atoms with van der Waals surface area (Å²) < 4.78 is 26.3. The van der Waals surface area contributed by atoms with E-state index in [1.54, 1.807) is 38.0 Å². The predicted octanol–water partition coefficient (Wildman–Crippen LogP) is 3.10. The maximum absolute atomic E-state index is 12.5. The lowest BCUT2D eigenvalue weighted by Crippen LogP contribution is -2.30. The molecular weight excluding hydrogens is 354 g/mol. The minimum Gasteiger partial charge on any atom is -0.338 e. The number of nitrogens with zero attached hydrogens (tertiary/aromatic N) is 3. The number of hydrogen-bond acceptors (Lipinski definition) is 5. The van der Waals surface area contributed by atoms with Gasteiger partial charge in [0.15, 0.2) is 0 Å². The van der Waals surface area contributed by atoms with Crippen LogP contribution in [0.2, 0.25) is 0 Å². The Kier molecular flexibility index (Phi) is 5.11. The molecule has 0 N–H and O–H groups in total. The largest absolute Gasteiger partial charge is 0.338 e. The summed E-state index contributed by atoms with van der Waals surface area (Å²) in [6.07, 6.45) is 0. The van der Waals surface area contributed by atoms with Crippen LogP contribution < -0.4 is 4.90 Å². The molecular formula is C18H23N3O2S2. The summed E-state index contributed by atoms with van der Waals surface area (Å²) in [4.78, 5) is 6.94. The van der Waals surface area contributed by atoms with Gasteiger partial charge in [-0.1, -0.05) is 23.9 Å². The van der Waals surface area contributed by atoms with Crippen molar-refractivity contribution < 1.29 is 8.42 Å². The fourth-order valence-electron chi connectivity index (χ4n) is 2.72. The number of fused-ring (bicyclic) bond motifs is 2. The average Bonchev–Trinajstić information content (AvgIpc) is 2.57. The van der Waals surface area contributed by atoms with Crippen molar-refractivity contribution in [3.8, 4) is 0 Å². The van der Waals surface area contributed by atoms with Gasteiger partial charge >= 0.3 is 0 Å². The molecule has 5 nitrogen and oxygen atoms in total. The van der Waals surface area contributed by atoms with Crippen molar-refractivity contribution in [1.82, 2.24) is 9.21 Å². The van der Waals surface area contributed by atoms with Crippen LogP contribution in [0.15, 0.2) is 57.2 Å². The second-order valence-electron chi connectivity index (χ2n) is 6.44. The molecule has 0 unspecified atom stereocenters. The molecule has 0 aromatic heterocycles. The van der Waals surface area contributed by atoms with Gasteiger partial charge in [-0.25, -0.2) is 12.7 Å². The van der Waals surface area contributed by atoms with Gasteiger partial charge in [-0.15, -0.1) is 0 Å². The quantitative estimate of drug-likeness (QED) is 0.801. The van der Waals surface area contributed by atoms with E-state index in [0.29, 0.717) is 4.90 Å². The van der Waals surface area contributed by atoms with Crippen molar-refractivity contribution in [3.05, 3.63) is 42.5 Å². The number of para-hydroxylation sites is 1. The normalized spacial score (nSPS) is 13.9. The minimum atomic E-state index is -3.46. The number of sulfonamides is 1. The Balaban J connectivity index is 2.09. The molecule has 0 amide bonds. The lowest BCUT2D eigenvalue weighted by molar-refractivity contribution is 0.418. The van der Waals surface area contributed by atoms with Crippen molar-refractivity contribution in [2.45, 2.75) is 14.7 Å². The van der Waals surface area contributed by atoms with Crippen LogP contribution in [0.4, 0.5) is 11.4 Å². The summed E-state index contributed by atoms with van der Waals surface area (Å²) in [5.74, 6) is 0. The fourth-order valence-corrected chi connectivity index (χ4v) is 4.72. The van der Waals surface area contributed by atoms with Crippen LogP contribution in [0.25, 0.3) is 0 Å². The Morgan fingerprint density at radius 3 is 2.32 bits per heavy atom. The number of benzene rings is 2. The van der Waals surface area contributed by atoms with Crippen molar-refractivity contribution in [2.24, 2.45) is 0 Å². The van der Waals surface area contributed by atoms with Gasteiger partial charge in [0.2, 0.25) is 10.0 Å². The molecule has 0 aliphatic carbocycles. The number of likely N-dealkylation sites (N-methyl/N-ethyl adjacent to an activating group) is 1. The maximum Gasteiger partial charge on any atom is 0.242 e. The molecule has 0 radical (unpaired) electrons. The van der Waals surface area contributed by atoms with E-state index in [9.17, 15) is 8.42 Å². The molecule has 0 saturated heterocycles. The van der Waals surface area contributed by atoms with Crippen LogP contribution in [0.5, 0.6) is 0 Å². The Morgan fingerprint density at radius 2 is 1.64 bits per heavy atom. The lowest BCUT2D eigenvalue weighted by atomic mass is 10.2. The van der Waals surface area contributed by atoms with Crippen LogP contribution in [-0.2, 0) is 10.0 Å². The summed E-state index contributed by atoms with van der Waals surface area (Å²) >= 11 is 1.68. The van der Waals surface area contributed by atoms with Crippen LogP contribution in [0.1, 0.15) is 0 Å². The summed E-state index contributed by atoms with van der Waals surface area (Å²) in [5, 5.41) is 0. The van der Waals surface area contributed by atoms with E-state index in [4.69, 9.17) is 0 Å². The molecule has 0 saturated carbocycles. The van der Waals surface area contributed by atoms with Crippen molar-refractivity contribution in [1.29, 1.82) is 0 Å². The third kappa shape index (κ3) is 3.55. The molecule has 2 aromatic carbocycles. The van der Waals surface area contributed by atoms with Gasteiger partial charge in [-0.2, -0.15) is 0 Å². The molecule has 1 heterocycles.